The molecule has 22 heavy (non-hydrogen) atoms. The molecule has 3 N–H and O–H groups in total. The van der Waals surface area contributed by atoms with Crippen molar-refractivity contribution in [1.82, 2.24) is 0 Å². The first-order valence-corrected chi connectivity index (χ1v) is 7.77. The van der Waals surface area contributed by atoms with Gasteiger partial charge in [0.2, 0.25) is 5.91 Å². The number of carbonyl (C=O) groups is 1. The molecule has 0 fully saturated rings. The lowest BCUT2D eigenvalue weighted by Crippen LogP contribution is -2.39. The Morgan fingerprint density at radius 1 is 1.27 bits per heavy atom. The Hall–Kier alpha value is -1.43. The Morgan fingerprint density at radius 2 is 1.95 bits per heavy atom. The van der Waals surface area contributed by atoms with Crippen LogP contribution in [0, 0.1) is 12.8 Å². The first-order valence-electron chi connectivity index (χ1n) is 7.77. The molecule has 0 saturated carbocycles. The third-order valence-corrected chi connectivity index (χ3v) is 3.56. The highest BCUT2D eigenvalue weighted by Crippen LogP contribution is 2.20. The summed E-state index contributed by atoms with van der Waals surface area (Å²) in [5.41, 5.74) is 8.71. The van der Waals surface area contributed by atoms with Crippen molar-refractivity contribution in [3.63, 3.8) is 0 Å². The largest absolute Gasteiger partial charge is 0.379 e. The minimum Gasteiger partial charge on any atom is -0.379 e. The first-order chi connectivity index (χ1) is 10.5. The first kappa shape index (κ1) is 18.6. The summed E-state index contributed by atoms with van der Waals surface area (Å²) in [6.45, 7) is 10.1. The van der Waals surface area contributed by atoms with Gasteiger partial charge in [-0.25, -0.2) is 0 Å². The summed E-state index contributed by atoms with van der Waals surface area (Å²) in [7, 11) is 0. The van der Waals surface area contributed by atoms with Crippen molar-refractivity contribution in [2.75, 3.05) is 25.1 Å². The summed E-state index contributed by atoms with van der Waals surface area (Å²) in [5.74, 6) is -0.0575. The minimum atomic E-state index is -0.509. The maximum absolute atomic E-state index is 12.1. The number of rotatable bonds is 9. The lowest BCUT2D eigenvalue weighted by molar-refractivity contribution is -0.118. The van der Waals surface area contributed by atoms with Gasteiger partial charge in [-0.1, -0.05) is 26.0 Å². The number of nitrogens with one attached hydrogen (secondary N) is 1. The predicted molar refractivity (Wildman–Crippen MR) is 88.8 cm³/mol. The van der Waals surface area contributed by atoms with Gasteiger partial charge in [0.15, 0.2) is 0 Å². The van der Waals surface area contributed by atoms with E-state index in [9.17, 15) is 4.79 Å². The lowest BCUT2D eigenvalue weighted by Gasteiger charge is -2.17. The normalized spacial score (nSPS) is 12.5. The molecule has 5 nitrogen and oxygen atoms in total. The van der Waals surface area contributed by atoms with Crippen molar-refractivity contribution >= 4 is 11.6 Å². The highest BCUT2D eigenvalue weighted by atomic mass is 16.5. The predicted octanol–water partition coefficient (Wildman–Crippen LogP) is 2.47. The van der Waals surface area contributed by atoms with Gasteiger partial charge < -0.3 is 20.5 Å². The number of amides is 1. The third kappa shape index (κ3) is 5.75. The van der Waals surface area contributed by atoms with Crippen LogP contribution in [-0.4, -0.2) is 31.8 Å². The van der Waals surface area contributed by atoms with Crippen LogP contribution in [0.4, 0.5) is 5.69 Å². The van der Waals surface area contributed by atoms with Gasteiger partial charge in [0, 0.05) is 12.3 Å². The number of anilines is 1. The van der Waals surface area contributed by atoms with E-state index in [4.69, 9.17) is 15.2 Å². The van der Waals surface area contributed by atoms with Crippen molar-refractivity contribution in [3.05, 3.63) is 29.3 Å². The van der Waals surface area contributed by atoms with Crippen molar-refractivity contribution < 1.29 is 14.3 Å². The molecule has 0 bridgehead atoms. The van der Waals surface area contributed by atoms with Crippen LogP contribution in [0.25, 0.3) is 0 Å². The molecule has 0 aliphatic carbocycles. The van der Waals surface area contributed by atoms with Crippen LogP contribution in [0.2, 0.25) is 0 Å². The number of hydrogen-bond donors (Lipinski definition) is 2. The molecule has 0 aromatic heterocycles. The second-order valence-electron chi connectivity index (χ2n) is 5.60. The molecular weight excluding hydrogens is 280 g/mol. The number of benzene rings is 1. The molecule has 0 aliphatic rings. The van der Waals surface area contributed by atoms with Crippen LogP contribution < -0.4 is 11.1 Å². The fourth-order valence-electron chi connectivity index (χ4n) is 1.94. The van der Waals surface area contributed by atoms with Gasteiger partial charge in [0.25, 0.3) is 0 Å². The standard InChI is InChI=1S/C17H28N2O3/c1-5-21-9-10-22-11-14-7-6-8-15(13(14)4)19-17(20)16(18)12(2)3/h6-8,12,16H,5,9-11,18H2,1-4H3,(H,19,20)/t16-/m0/s1. The van der Waals surface area contributed by atoms with Crippen molar-refractivity contribution in [2.24, 2.45) is 11.7 Å². The molecule has 1 aromatic carbocycles. The quantitative estimate of drug-likeness (QED) is 0.687. The highest BCUT2D eigenvalue weighted by molar-refractivity contribution is 5.95. The minimum absolute atomic E-state index is 0.102. The monoisotopic (exact) mass is 308 g/mol. The van der Waals surface area contributed by atoms with E-state index in [1.807, 2.05) is 45.9 Å². The average molecular weight is 308 g/mol. The van der Waals surface area contributed by atoms with Gasteiger partial charge in [-0.15, -0.1) is 0 Å². The van der Waals surface area contributed by atoms with Crippen molar-refractivity contribution in [2.45, 2.75) is 40.3 Å². The zero-order valence-electron chi connectivity index (χ0n) is 14.0. The van der Waals surface area contributed by atoms with Crippen molar-refractivity contribution in [3.8, 4) is 0 Å². The van der Waals surface area contributed by atoms with Gasteiger partial charge in [-0.3, -0.25) is 4.79 Å². The molecule has 0 unspecified atom stereocenters. The molecule has 0 saturated heterocycles. The van der Waals surface area contributed by atoms with Crippen LogP contribution in [0.1, 0.15) is 31.9 Å². The molecule has 1 rings (SSSR count). The van der Waals surface area contributed by atoms with E-state index in [2.05, 4.69) is 5.32 Å². The SMILES string of the molecule is CCOCCOCc1cccc(NC(=O)[C@@H](N)C(C)C)c1C. The molecule has 0 radical (unpaired) electrons. The maximum atomic E-state index is 12.1. The molecule has 1 atom stereocenters. The molecule has 0 heterocycles. The summed E-state index contributed by atoms with van der Waals surface area (Å²) in [6.07, 6.45) is 0. The van der Waals surface area contributed by atoms with E-state index in [1.165, 1.54) is 0 Å². The van der Waals surface area contributed by atoms with Gasteiger partial charge >= 0.3 is 0 Å². The number of carbonyl (C=O) groups excluding carboxylic acids is 1. The molecule has 0 aliphatic heterocycles. The Labute approximate surface area is 133 Å². The van der Waals surface area contributed by atoms with Gasteiger partial charge in [0.1, 0.15) is 0 Å². The van der Waals surface area contributed by atoms with Gasteiger partial charge in [-0.05, 0) is 37.0 Å². The molecule has 0 spiro atoms. The van der Waals surface area contributed by atoms with Gasteiger partial charge in [-0.2, -0.15) is 0 Å². The smallest absolute Gasteiger partial charge is 0.241 e. The lowest BCUT2D eigenvalue weighted by atomic mass is 10.0. The zero-order valence-corrected chi connectivity index (χ0v) is 14.0. The summed E-state index contributed by atoms with van der Waals surface area (Å²) in [4.78, 5) is 12.1. The fraction of sp³-hybridized carbons (Fsp3) is 0.588. The Kier molecular flexibility index (Phi) is 8.09. The van der Waals surface area contributed by atoms with Crippen LogP contribution in [0.15, 0.2) is 18.2 Å². The van der Waals surface area contributed by atoms with Crippen LogP contribution in [0.3, 0.4) is 0 Å². The molecule has 5 heteroatoms. The van der Waals surface area contributed by atoms with E-state index in [0.29, 0.717) is 26.4 Å². The van der Waals surface area contributed by atoms with E-state index < -0.39 is 6.04 Å². The van der Waals surface area contributed by atoms with E-state index in [0.717, 1.165) is 16.8 Å². The maximum Gasteiger partial charge on any atom is 0.241 e. The highest BCUT2D eigenvalue weighted by Gasteiger charge is 2.18. The topological polar surface area (TPSA) is 73.6 Å². The fourth-order valence-corrected chi connectivity index (χ4v) is 1.94. The Morgan fingerprint density at radius 3 is 2.59 bits per heavy atom. The van der Waals surface area contributed by atoms with Crippen LogP contribution >= 0.6 is 0 Å². The number of ether oxygens (including phenoxy) is 2. The summed E-state index contributed by atoms with van der Waals surface area (Å²) < 4.78 is 10.8. The van der Waals surface area contributed by atoms with Crippen LogP contribution in [-0.2, 0) is 20.9 Å². The molecule has 1 aromatic rings. The molecule has 1 amide bonds. The number of nitrogens with two attached hydrogens (primary N) is 1. The molecule has 124 valence electrons. The Balaban J connectivity index is 2.62. The second-order valence-corrected chi connectivity index (χ2v) is 5.60. The second kappa shape index (κ2) is 9.56. The summed E-state index contributed by atoms with van der Waals surface area (Å²) in [5, 5.41) is 2.90. The van der Waals surface area contributed by atoms with Crippen LogP contribution in [0.5, 0.6) is 0 Å². The third-order valence-electron chi connectivity index (χ3n) is 3.56. The zero-order chi connectivity index (χ0) is 16.5. The summed E-state index contributed by atoms with van der Waals surface area (Å²) in [6, 6.07) is 5.27. The van der Waals surface area contributed by atoms with E-state index >= 15 is 0 Å². The number of hydrogen-bond acceptors (Lipinski definition) is 4. The van der Waals surface area contributed by atoms with E-state index in [1.54, 1.807) is 0 Å². The average Bonchev–Trinajstić information content (AvgIpc) is 2.49. The summed E-state index contributed by atoms with van der Waals surface area (Å²) >= 11 is 0. The van der Waals surface area contributed by atoms with Gasteiger partial charge in [0.05, 0.1) is 25.9 Å². The molecular formula is C17H28N2O3. The Bertz CT molecular complexity index is 475. The van der Waals surface area contributed by atoms with Crippen molar-refractivity contribution in [1.29, 1.82) is 0 Å². The van der Waals surface area contributed by atoms with E-state index in [-0.39, 0.29) is 11.8 Å².